The van der Waals surface area contributed by atoms with E-state index in [2.05, 4.69) is 21.9 Å². The molecule has 116 valence electrons. The Hall–Kier alpha value is -1.85. The summed E-state index contributed by atoms with van der Waals surface area (Å²) in [4.78, 5) is 10.6. The third-order valence-corrected chi connectivity index (χ3v) is 3.76. The van der Waals surface area contributed by atoms with Gasteiger partial charge in [0, 0.05) is 38.1 Å². The van der Waals surface area contributed by atoms with Crippen LogP contribution in [0.1, 0.15) is 11.3 Å². The molecule has 1 aliphatic heterocycles. The molecule has 0 N–H and O–H groups in total. The minimum absolute atomic E-state index is 0.546. The maximum atomic E-state index is 6.26. The van der Waals surface area contributed by atoms with Crippen molar-refractivity contribution in [1.29, 1.82) is 0 Å². The van der Waals surface area contributed by atoms with E-state index in [9.17, 15) is 0 Å². The van der Waals surface area contributed by atoms with E-state index in [0.717, 1.165) is 36.5 Å². The SMILES string of the molecule is CN(CCc1cnccn1)Cc1cc(Cl)c2c(c1)OCCO2. The number of hydrogen-bond acceptors (Lipinski definition) is 5. The molecule has 0 radical (unpaired) electrons. The average molecular weight is 320 g/mol. The number of likely N-dealkylation sites (N-methyl/N-ethyl adjacent to an activating group) is 1. The lowest BCUT2D eigenvalue weighted by Crippen LogP contribution is -2.21. The molecule has 6 heteroatoms. The van der Waals surface area contributed by atoms with Crippen LogP contribution in [-0.4, -0.2) is 41.7 Å². The van der Waals surface area contributed by atoms with Crippen molar-refractivity contribution in [3.8, 4) is 11.5 Å². The highest BCUT2D eigenvalue weighted by atomic mass is 35.5. The van der Waals surface area contributed by atoms with Gasteiger partial charge >= 0.3 is 0 Å². The highest BCUT2D eigenvalue weighted by Crippen LogP contribution is 2.38. The molecule has 0 bridgehead atoms. The smallest absolute Gasteiger partial charge is 0.179 e. The van der Waals surface area contributed by atoms with Crippen LogP contribution in [0.4, 0.5) is 0 Å². The van der Waals surface area contributed by atoms with Gasteiger partial charge in [-0.05, 0) is 24.7 Å². The molecule has 1 aromatic heterocycles. The summed E-state index contributed by atoms with van der Waals surface area (Å²) in [6, 6.07) is 3.94. The number of nitrogens with zero attached hydrogens (tertiary/aromatic N) is 3. The lowest BCUT2D eigenvalue weighted by Gasteiger charge is -2.22. The van der Waals surface area contributed by atoms with E-state index >= 15 is 0 Å². The first-order chi connectivity index (χ1) is 10.7. The molecular formula is C16H18ClN3O2. The molecule has 2 heterocycles. The molecule has 0 unspecified atom stereocenters. The van der Waals surface area contributed by atoms with Crippen LogP contribution in [0.25, 0.3) is 0 Å². The largest absolute Gasteiger partial charge is 0.486 e. The van der Waals surface area contributed by atoms with E-state index in [1.165, 1.54) is 0 Å². The second-order valence-corrected chi connectivity index (χ2v) is 5.69. The van der Waals surface area contributed by atoms with Gasteiger partial charge in [0.1, 0.15) is 13.2 Å². The highest BCUT2D eigenvalue weighted by molar-refractivity contribution is 6.32. The molecule has 0 saturated carbocycles. The van der Waals surface area contributed by atoms with Gasteiger partial charge in [0.15, 0.2) is 11.5 Å². The van der Waals surface area contributed by atoms with Gasteiger partial charge in [-0.25, -0.2) is 0 Å². The summed E-state index contributed by atoms with van der Waals surface area (Å²) in [7, 11) is 2.07. The van der Waals surface area contributed by atoms with Gasteiger partial charge in [0.25, 0.3) is 0 Å². The molecule has 0 atom stereocenters. The van der Waals surface area contributed by atoms with Crippen molar-refractivity contribution < 1.29 is 9.47 Å². The highest BCUT2D eigenvalue weighted by Gasteiger charge is 2.17. The summed E-state index contributed by atoms with van der Waals surface area (Å²) >= 11 is 6.26. The van der Waals surface area contributed by atoms with E-state index in [-0.39, 0.29) is 0 Å². The van der Waals surface area contributed by atoms with Gasteiger partial charge in [0.05, 0.1) is 10.7 Å². The third-order valence-electron chi connectivity index (χ3n) is 3.48. The van der Waals surface area contributed by atoms with Crippen LogP contribution in [0.15, 0.2) is 30.7 Å². The molecule has 22 heavy (non-hydrogen) atoms. The Kier molecular flexibility index (Phi) is 4.75. The lowest BCUT2D eigenvalue weighted by atomic mass is 10.1. The fraction of sp³-hybridized carbons (Fsp3) is 0.375. The molecule has 2 aromatic rings. The molecule has 3 rings (SSSR count). The summed E-state index contributed by atoms with van der Waals surface area (Å²) in [5, 5.41) is 0.606. The first-order valence-corrected chi connectivity index (χ1v) is 7.61. The first-order valence-electron chi connectivity index (χ1n) is 7.24. The lowest BCUT2D eigenvalue weighted by molar-refractivity contribution is 0.171. The molecular weight excluding hydrogens is 302 g/mol. The van der Waals surface area contributed by atoms with E-state index in [1.807, 2.05) is 12.1 Å². The Labute approximate surface area is 134 Å². The van der Waals surface area contributed by atoms with Crippen LogP contribution >= 0.6 is 11.6 Å². The van der Waals surface area contributed by atoms with E-state index < -0.39 is 0 Å². The Bertz CT molecular complexity index is 637. The Morgan fingerprint density at radius 2 is 2.09 bits per heavy atom. The summed E-state index contributed by atoms with van der Waals surface area (Å²) < 4.78 is 11.1. The number of fused-ring (bicyclic) bond motifs is 1. The van der Waals surface area contributed by atoms with Crippen LogP contribution in [0.5, 0.6) is 11.5 Å². The minimum atomic E-state index is 0.546. The van der Waals surface area contributed by atoms with Gasteiger partial charge in [0.2, 0.25) is 0 Å². The number of benzene rings is 1. The van der Waals surface area contributed by atoms with E-state index in [4.69, 9.17) is 21.1 Å². The van der Waals surface area contributed by atoms with Gasteiger partial charge in [-0.1, -0.05) is 11.6 Å². The second-order valence-electron chi connectivity index (χ2n) is 5.29. The van der Waals surface area contributed by atoms with Crippen molar-refractivity contribution in [2.24, 2.45) is 0 Å². The molecule has 0 saturated heterocycles. The summed E-state index contributed by atoms with van der Waals surface area (Å²) in [5.74, 6) is 1.38. The van der Waals surface area contributed by atoms with Crippen LogP contribution in [-0.2, 0) is 13.0 Å². The number of halogens is 1. The van der Waals surface area contributed by atoms with Crippen LogP contribution in [0.3, 0.4) is 0 Å². The maximum absolute atomic E-state index is 6.26. The maximum Gasteiger partial charge on any atom is 0.179 e. The second kappa shape index (κ2) is 6.94. The third kappa shape index (κ3) is 3.67. The van der Waals surface area contributed by atoms with Gasteiger partial charge < -0.3 is 14.4 Å². The fourth-order valence-electron chi connectivity index (χ4n) is 2.41. The average Bonchev–Trinajstić information content (AvgIpc) is 2.54. The van der Waals surface area contributed by atoms with Gasteiger partial charge in [-0.3, -0.25) is 9.97 Å². The zero-order valence-electron chi connectivity index (χ0n) is 12.5. The van der Waals surface area contributed by atoms with E-state index in [1.54, 1.807) is 18.6 Å². The van der Waals surface area contributed by atoms with Crippen LogP contribution in [0.2, 0.25) is 5.02 Å². The zero-order valence-corrected chi connectivity index (χ0v) is 13.2. The number of rotatable bonds is 5. The molecule has 0 amide bonds. The molecule has 1 aliphatic rings. The summed E-state index contributed by atoms with van der Waals surface area (Å²) in [6.07, 6.45) is 6.07. The normalized spacial score (nSPS) is 13.4. The van der Waals surface area contributed by atoms with Gasteiger partial charge in [-0.2, -0.15) is 0 Å². The van der Waals surface area contributed by atoms with Crippen molar-refractivity contribution in [1.82, 2.24) is 14.9 Å². The quantitative estimate of drug-likeness (QED) is 0.847. The zero-order chi connectivity index (χ0) is 15.4. The van der Waals surface area contributed by atoms with Crippen molar-refractivity contribution in [3.63, 3.8) is 0 Å². The topological polar surface area (TPSA) is 47.5 Å². The number of aromatic nitrogens is 2. The Morgan fingerprint density at radius 1 is 1.23 bits per heavy atom. The number of hydrogen-bond donors (Lipinski definition) is 0. The predicted octanol–water partition coefficient (Wildman–Crippen LogP) is 2.58. The van der Waals surface area contributed by atoms with Crippen molar-refractivity contribution in [2.75, 3.05) is 26.8 Å². The molecule has 0 spiro atoms. The van der Waals surface area contributed by atoms with E-state index in [0.29, 0.717) is 24.0 Å². The Morgan fingerprint density at radius 3 is 2.91 bits per heavy atom. The van der Waals surface area contributed by atoms with Crippen LogP contribution in [0, 0.1) is 0 Å². The minimum Gasteiger partial charge on any atom is -0.486 e. The Balaban J connectivity index is 1.61. The van der Waals surface area contributed by atoms with Crippen LogP contribution < -0.4 is 9.47 Å². The van der Waals surface area contributed by atoms with Gasteiger partial charge in [-0.15, -0.1) is 0 Å². The van der Waals surface area contributed by atoms with Crippen molar-refractivity contribution in [3.05, 3.63) is 47.0 Å². The summed E-state index contributed by atoms with van der Waals surface area (Å²) in [5.41, 5.74) is 2.10. The van der Waals surface area contributed by atoms with Crippen molar-refractivity contribution in [2.45, 2.75) is 13.0 Å². The molecule has 1 aromatic carbocycles. The van der Waals surface area contributed by atoms with Crippen molar-refractivity contribution >= 4 is 11.6 Å². The molecule has 0 fully saturated rings. The molecule has 0 aliphatic carbocycles. The number of ether oxygens (including phenoxy) is 2. The predicted molar refractivity (Wildman–Crippen MR) is 84.5 cm³/mol. The molecule has 5 nitrogen and oxygen atoms in total. The monoisotopic (exact) mass is 319 g/mol. The first kappa shape index (κ1) is 15.1. The summed E-state index contributed by atoms with van der Waals surface area (Å²) in [6.45, 7) is 2.79. The standard InChI is InChI=1S/C16H18ClN3O2/c1-20(5-2-13-10-18-3-4-19-13)11-12-8-14(17)16-15(9-12)21-6-7-22-16/h3-4,8-10H,2,5-7,11H2,1H3. The fourth-order valence-corrected chi connectivity index (χ4v) is 2.70.